The number of aliphatic hydroxyl groups excluding tert-OH is 4. The Balaban J connectivity index is 1.82. The molecule has 70 heavy (non-hydrogen) atoms. The molecule has 398 valence electrons. The zero-order valence-electron chi connectivity index (χ0n) is 41.1. The minimum absolute atomic E-state index is 0.0238. The van der Waals surface area contributed by atoms with Crippen molar-refractivity contribution in [1.82, 2.24) is 0 Å². The number of esters is 2. The lowest BCUT2D eigenvalue weighted by atomic mass is 9.85. The van der Waals surface area contributed by atoms with Crippen LogP contribution in [0.1, 0.15) is 142 Å². The third-order valence-corrected chi connectivity index (χ3v) is 12.6. The molecule has 1 saturated carbocycles. The quantitative estimate of drug-likeness (QED) is 0.00995. The van der Waals surface area contributed by atoms with Crippen LogP contribution in [-0.4, -0.2) is 115 Å². The number of hydrogen-bond acceptors (Lipinski definition) is 14. The summed E-state index contributed by atoms with van der Waals surface area (Å²) in [5.41, 5.74) is 0. The van der Waals surface area contributed by atoms with E-state index in [1.54, 1.807) is 0 Å². The predicted octanol–water partition coefficient (Wildman–Crippen LogP) is 8.94. The number of allylic oxidation sites excluding steroid dienone is 14. The third-order valence-electron chi connectivity index (χ3n) is 11.1. The summed E-state index contributed by atoms with van der Waals surface area (Å²) >= 11 is 0. The Labute approximate surface area is 415 Å². The highest BCUT2D eigenvalue weighted by atomic mass is 31.2. The number of unbranched alkanes of at least 4 members (excludes halogenated alkanes) is 7. The first kappa shape index (κ1) is 63.0. The zero-order chi connectivity index (χ0) is 51.5. The van der Waals surface area contributed by atoms with E-state index in [2.05, 4.69) is 79.1 Å². The molecule has 0 aromatic carbocycles. The molecule has 0 spiro atoms. The number of epoxide rings is 1. The number of phosphoric ester groups is 2. The molecular weight excluding hydrogens is 946 g/mol. The second-order valence-electron chi connectivity index (χ2n) is 17.2. The molecule has 1 heterocycles. The van der Waals surface area contributed by atoms with Crippen molar-refractivity contribution in [2.24, 2.45) is 0 Å². The van der Waals surface area contributed by atoms with Gasteiger partial charge in [0.1, 0.15) is 43.2 Å². The van der Waals surface area contributed by atoms with E-state index in [0.717, 1.165) is 51.4 Å². The Bertz CT molecular complexity index is 1790. The number of carbonyl (C=O) groups excluding carboxylic acids is 2. The molecular formula is C51H82O17P2. The highest BCUT2D eigenvalue weighted by molar-refractivity contribution is 7.47. The van der Waals surface area contributed by atoms with Gasteiger partial charge in [0.2, 0.25) is 0 Å². The van der Waals surface area contributed by atoms with Crippen molar-refractivity contribution in [3.8, 4) is 0 Å². The maximum atomic E-state index is 13.0. The highest BCUT2D eigenvalue weighted by Crippen LogP contribution is 2.49. The van der Waals surface area contributed by atoms with E-state index in [0.29, 0.717) is 37.9 Å². The molecule has 0 aromatic rings. The van der Waals surface area contributed by atoms with Crippen molar-refractivity contribution < 1.29 is 81.6 Å². The molecule has 2 aliphatic rings. The van der Waals surface area contributed by atoms with Gasteiger partial charge in [-0.15, -0.1) is 0 Å². The Morgan fingerprint density at radius 2 is 1.01 bits per heavy atom. The molecule has 1 aliphatic heterocycles. The van der Waals surface area contributed by atoms with Crippen LogP contribution in [0.25, 0.3) is 0 Å². The molecule has 1 saturated heterocycles. The molecule has 0 amide bonds. The van der Waals surface area contributed by atoms with Crippen LogP contribution < -0.4 is 0 Å². The van der Waals surface area contributed by atoms with Crippen molar-refractivity contribution in [2.45, 2.75) is 197 Å². The topological polar surface area (TPSA) is 269 Å². The standard InChI is InChI=1S/C51H82O17P2/c1-3-5-7-8-9-10-11-12-13-14-15-16-21-24-27-30-34-38-45(53)65-41(40-64-70(61,62)68-51-48(56)46(54)47(55)50(49(51)57)67-69(58,59)60)39-63-44(52)37-33-29-26-23-20-18-17-19-22-25-28-32-36-43-42(66-43)35-31-6-4-2/h6,12-13,15-16,18-20,22,24,26-29,31-32,41-43,46-51,54-57H,3-5,7-11,14,17,21,23,25,30,33-40H2,1-2H3,(H,61,62)(H2,58,59,60)/b13-12-,16-15-,20-18-,22-19-,27-24-,29-26-,31-6-,32-28-/t41-,42?,43?,46?,47?,48?,49?,50-,51+/m1/s1. The van der Waals surface area contributed by atoms with Crippen molar-refractivity contribution in [2.75, 3.05) is 13.2 Å². The van der Waals surface area contributed by atoms with Gasteiger partial charge >= 0.3 is 27.6 Å². The first-order chi connectivity index (χ1) is 33.6. The highest BCUT2D eigenvalue weighted by Gasteiger charge is 2.54. The van der Waals surface area contributed by atoms with E-state index in [9.17, 15) is 53.8 Å². The summed E-state index contributed by atoms with van der Waals surface area (Å²) in [6, 6.07) is 0. The number of ether oxygens (including phenoxy) is 3. The lowest BCUT2D eigenvalue weighted by Crippen LogP contribution is -2.64. The van der Waals surface area contributed by atoms with E-state index in [1.807, 2.05) is 36.5 Å². The van der Waals surface area contributed by atoms with E-state index in [-0.39, 0.29) is 12.8 Å². The monoisotopic (exact) mass is 1030 g/mol. The van der Waals surface area contributed by atoms with Gasteiger partial charge in [-0.3, -0.25) is 23.2 Å². The van der Waals surface area contributed by atoms with Crippen molar-refractivity contribution in [3.63, 3.8) is 0 Å². The summed E-state index contributed by atoms with van der Waals surface area (Å²) in [4.78, 5) is 54.3. The molecule has 10 atom stereocenters. The van der Waals surface area contributed by atoms with Gasteiger partial charge in [-0.05, 0) is 83.5 Å². The molecule has 17 nitrogen and oxygen atoms in total. The van der Waals surface area contributed by atoms with Crippen molar-refractivity contribution in [3.05, 3.63) is 97.2 Å². The third kappa shape index (κ3) is 30.7. The predicted molar refractivity (Wildman–Crippen MR) is 268 cm³/mol. The fourth-order valence-electron chi connectivity index (χ4n) is 7.11. The summed E-state index contributed by atoms with van der Waals surface area (Å²) in [6.45, 7) is 2.87. The molecule has 7 N–H and O–H groups in total. The minimum Gasteiger partial charge on any atom is -0.462 e. The summed E-state index contributed by atoms with van der Waals surface area (Å²) in [7, 11) is -10.7. The normalized spacial score (nSPS) is 24.7. The van der Waals surface area contributed by atoms with Gasteiger partial charge in [0.05, 0.1) is 18.8 Å². The largest absolute Gasteiger partial charge is 0.472 e. The second-order valence-corrected chi connectivity index (χ2v) is 19.8. The second kappa shape index (κ2) is 37.6. The van der Waals surface area contributed by atoms with Crippen LogP contribution in [0, 0.1) is 0 Å². The summed E-state index contributed by atoms with van der Waals surface area (Å²) in [6.07, 6.45) is 35.6. The van der Waals surface area contributed by atoms with Gasteiger partial charge in [0, 0.05) is 12.8 Å². The lowest BCUT2D eigenvalue weighted by Gasteiger charge is -2.43. The van der Waals surface area contributed by atoms with Gasteiger partial charge in [0.25, 0.3) is 0 Å². The molecule has 2 rings (SSSR count). The first-order valence-corrected chi connectivity index (χ1v) is 27.9. The maximum Gasteiger partial charge on any atom is 0.472 e. The van der Waals surface area contributed by atoms with Gasteiger partial charge < -0.3 is 49.3 Å². The van der Waals surface area contributed by atoms with Crippen LogP contribution in [0.4, 0.5) is 0 Å². The molecule has 0 aromatic heterocycles. The van der Waals surface area contributed by atoms with Crippen LogP contribution >= 0.6 is 15.6 Å². The Hall–Kier alpha value is -3.12. The Kier molecular flexibility index (Phi) is 33.8. The number of phosphoric acid groups is 2. The summed E-state index contributed by atoms with van der Waals surface area (Å²) in [5, 5.41) is 41.3. The fraction of sp³-hybridized carbons (Fsp3) is 0.647. The Morgan fingerprint density at radius 1 is 0.529 bits per heavy atom. The van der Waals surface area contributed by atoms with Crippen LogP contribution in [0.2, 0.25) is 0 Å². The molecule has 0 bridgehead atoms. The smallest absolute Gasteiger partial charge is 0.462 e. The van der Waals surface area contributed by atoms with E-state index < -0.39 is 83.5 Å². The minimum atomic E-state index is -5.38. The number of rotatable bonds is 39. The average Bonchev–Trinajstić information content (AvgIpc) is 4.07. The molecule has 0 radical (unpaired) electrons. The summed E-state index contributed by atoms with van der Waals surface area (Å²) < 4.78 is 55.0. The van der Waals surface area contributed by atoms with Crippen LogP contribution in [0.15, 0.2) is 97.2 Å². The SMILES string of the molecule is CC/C=C\CC1OC1C/C=C\C/C=C\C/C=C\C/C=C\CCC(=O)OC[C@H](COP(=O)(O)O[C@H]1C(O)C(O)C(O)[C@@H](OP(=O)(O)O)C1O)OC(=O)CCC/C=C\C/C=C\C/C=C\CCCCCCCC. The fourth-order valence-corrected chi connectivity index (χ4v) is 8.65. The average molecular weight is 1030 g/mol. The number of carbonyl (C=O) groups is 2. The zero-order valence-corrected chi connectivity index (χ0v) is 42.9. The molecule has 1 aliphatic carbocycles. The van der Waals surface area contributed by atoms with Gasteiger partial charge in [0.15, 0.2) is 6.10 Å². The van der Waals surface area contributed by atoms with Crippen LogP contribution in [0.5, 0.6) is 0 Å². The Morgan fingerprint density at radius 3 is 1.57 bits per heavy atom. The van der Waals surface area contributed by atoms with Gasteiger partial charge in [-0.25, -0.2) is 9.13 Å². The lowest BCUT2D eigenvalue weighted by molar-refractivity contribution is -0.216. The number of aliphatic hydroxyl groups is 4. The number of hydrogen-bond donors (Lipinski definition) is 7. The summed E-state index contributed by atoms with van der Waals surface area (Å²) in [5.74, 6) is -1.38. The molecule has 19 heteroatoms. The van der Waals surface area contributed by atoms with Gasteiger partial charge in [-0.2, -0.15) is 0 Å². The first-order valence-electron chi connectivity index (χ1n) is 24.9. The van der Waals surface area contributed by atoms with Crippen molar-refractivity contribution >= 4 is 27.6 Å². The van der Waals surface area contributed by atoms with Crippen LogP contribution in [-0.2, 0) is 46.5 Å². The van der Waals surface area contributed by atoms with E-state index >= 15 is 0 Å². The van der Waals surface area contributed by atoms with Crippen molar-refractivity contribution in [1.29, 1.82) is 0 Å². The molecule has 2 fully saturated rings. The maximum absolute atomic E-state index is 13.0. The van der Waals surface area contributed by atoms with Crippen LogP contribution in [0.3, 0.4) is 0 Å². The van der Waals surface area contributed by atoms with E-state index in [4.69, 9.17) is 23.3 Å². The van der Waals surface area contributed by atoms with E-state index in [1.165, 1.54) is 38.5 Å². The molecule has 7 unspecified atom stereocenters. The van der Waals surface area contributed by atoms with Gasteiger partial charge in [-0.1, -0.05) is 143 Å².